The van der Waals surface area contributed by atoms with E-state index >= 15 is 0 Å². The second kappa shape index (κ2) is 11.9. The van der Waals surface area contributed by atoms with Crippen LogP contribution in [0.5, 0.6) is 17.2 Å². The highest BCUT2D eigenvalue weighted by Gasteiger charge is 2.47. The van der Waals surface area contributed by atoms with E-state index in [2.05, 4.69) is 20.8 Å². The van der Waals surface area contributed by atoms with Crippen LogP contribution in [0.3, 0.4) is 0 Å². The van der Waals surface area contributed by atoms with Crippen molar-refractivity contribution in [3.05, 3.63) is 89.0 Å². The number of benzene rings is 3. The van der Waals surface area contributed by atoms with Crippen molar-refractivity contribution in [3.8, 4) is 17.2 Å². The van der Waals surface area contributed by atoms with Crippen molar-refractivity contribution in [2.45, 2.75) is 53.0 Å². The molecule has 1 aliphatic rings. The van der Waals surface area contributed by atoms with E-state index in [0.717, 1.165) is 5.56 Å². The Bertz CT molecular complexity index is 1420. The Morgan fingerprint density at radius 1 is 0.800 bits per heavy atom. The highest BCUT2D eigenvalue weighted by atomic mass is 16.5. The first kappa shape index (κ1) is 28.7. The Balaban J connectivity index is 1.92. The molecule has 1 N–H and O–H groups in total. The smallest absolute Gasteiger partial charge is 0.300 e. The van der Waals surface area contributed by atoms with Crippen LogP contribution in [-0.2, 0) is 15.0 Å². The zero-order valence-electron chi connectivity index (χ0n) is 24.0. The van der Waals surface area contributed by atoms with Gasteiger partial charge in [-0.1, -0.05) is 51.1 Å². The summed E-state index contributed by atoms with van der Waals surface area (Å²) in [6, 6.07) is 18.9. The minimum Gasteiger partial charge on any atom is -0.507 e. The van der Waals surface area contributed by atoms with Crippen LogP contribution in [0, 0.1) is 0 Å². The normalized spacial score (nSPS) is 16.8. The molecule has 0 aliphatic carbocycles. The zero-order chi connectivity index (χ0) is 29.0. The summed E-state index contributed by atoms with van der Waals surface area (Å²) in [5.74, 6) is -0.000932. The summed E-state index contributed by atoms with van der Waals surface area (Å²) >= 11 is 0. The van der Waals surface area contributed by atoms with Crippen LogP contribution in [0.25, 0.3) is 5.76 Å². The molecule has 210 valence electrons. The van der Waals surface area contributed by atoms with E-state index in [4.69, 9.17) is 14.2 Å². The number of Topliss-reactive ketones (excluding diaryl/α,β-unsaturated/α-hetero) is 1. The average molecular weight is 544 g/mol. The number of nitrogens with zero attached hydrogens (tertiary/aromatic N) is 1. The molecule has 1 saturated heterocycles. The van der Waals surface area contributed by atoms with E-state index in [0.29, 0.717) is 53.9 Å². The Labute approximate surface area is 236 Å². The number of carbonyl (C=O) groups excluding carboxylic acids is 2. The molecule has 3 aromatic carbocycles. The lowest BCUT2D eigenvalue weighted by atomic mass is 9.84. The molecule has 0 spiro atoms. The van der Waals surface area contributed by atoms with Gasteiger partial charge >= 0.3 is 0 Å². The number of ketones is 1. The van der Waals surface area contributed by atoms with Gasteiger partial charge in [0.1, 0.15) is 11.5 Å². The van der Waals surface area contributed by atoms with Gasteiger partial charge in [-0.2, -0.15) is 0 Å². The second-order valence-corrected chi connectivity index (χ2v) is 10.5. The molecule has 7 heteroatoms. The first-order valence-corrected chi connectivity index (χ1v) is 13.7. The predicted molar refractivity (Wildman–Crippen MR) is 156 cm³/mol. The summed E-state index contributed by atoms with van der Waals surface area (Å²) in [5, 5.41) is 11.7. The minimum atomic E-state index is -0.849. The summed E-state index contributed by atoms with van der Waals surface area (Å²) in [6.07, 6.45) is 0. The molecule has 0 radical (unpaired) electrons. The van der Waals surface area contributed by atoms with Crippen molar-refractivity contribution >= 4 is 23.1 Å². The third kappa shape index (κ3) is 5.55. The molecule has 1 heterocycles. The molecule has 0 aromatic heterocycles. The Kier molecular flexibility index (Phi) is 8.52. The Morgan fingerprint density at radius 2 is 1.40 bits per heavy atom. The maximum atomic E-state index is 13.6. The Morgan fingerprint density at radius 3 is 2.02 bits per heavy atom. The van der Waals surface area contributed by atoms with Crippen molar-refractivity contribution in [2.24, 2.45) is 0 Å². The lowest BCUT2D eigenvalue weighted by Crippen LogP contribution is -2.29. The van der Waals surface area contributed by atoms with Crippen LogP contribution in [0.1, 0.15) is 64.3 Å². The fourth-order valence-corrected chi connectivity index (χ4v) is 4.94. The summed E-state index contributed by atoms with van der Waals surface area (Å²) in [5.41, 5.74) is 2.21. The van der Waals surface area contributed by atoms with E-state index in [1.165, 1.54) is 4.90 Å². The van der Waals surface area contributed by atoms with Crippen LogP contribution in [0.2, 0.25) is 0 Å². The molecule has 4 rings (SSSR count). The van der Waals surface area contributed by atoms with Gasteiger partial charge in [-0.3, -0.25) is 14.5 Å². The molecule has 7 nitrogen and oxygen atoms in total. The van der Waals surface area contributed by atoms with Crippen LogP contribution in [0.15, 0.2) is 72.3 Å². The third-order valence-electron chi connectivity index (χ3n) is 6.73. The topological polar surface area (TPSA) is 85.3 Å². The molecule has 40 heavy (non-hydrogen) atoms. The number of hydrogen-bond acceptors (Lipinski definition) is 6. The first-order chi connectivity index (χ1) is 19.1. The van der Waals surface area contributed by atoms with Gasteiger partial charge in [-0.05, 0) is 62.1 Å². The number of ether oxygens (including phenoxy) is 3. The number of aliphatic hydroxyl groups is 1. The molecule has 0 bridgehead atoms. The minimum absolute atomic E-state index is 0.0204. The first-order valence-electron chi connectivity index (χ1n) is 13.7. The van der Waals surface area contributed by atoms with Crippen molar-refractivity contribution < 1.29 is 28.9 Å². The molecule has 1 fully saturated rings. The molecule has 3 aromatic rings. The van der Waals surface area contributed by atoms with Gasteiger partial charge in [-0.15, -0.1) is 0 Å². The number of hydrogen-bond donors (Lipinski definition) is 1. The van der Waals surface area contributed by atoms with Gasteiger partial charge in [0.05, 0.1) is 31.4 Å². The largest absolute Gasteiger partial charge is 0.507 e. The van der Waals surface area contributed by atoms with Crippen molar-refractivity contribution in [1.29, 1.82) is 0 Å². The lowest BCUT2D eigenvalue weighted by Gasteiger charge is -2.26. The van der Waals surface area contributed by atoms with Gasteiger partial charge in [-0.25, -0.2) is 0 Å². The second-order valence-electron chi connectivity index (χ2n) is 10.5. The number of carbonyl (C=O) groups is 2. The van der Waals surface area contributed by atoms with Gasteiger partial charge in [0.2, 0.25) is 0 Å². The van der Waals surface area contributed by atoms with E-state index in [1.807, 2.05) is 57.2 Å². The summed E-state index contributed by atoms with van der Waals surface area (Å²) < 4.78 is 17.3. The fourth-order valence-electron chi connectivity index (χ4n) is 4.94. The lowest BCUT2D eigenvalue weighted by molar-refractivity contribution is -0.132. The van der Waals surface area contributed by atoms with Gasteiger partial charge in [0, 0.05) is 22.9 Å². The fraction of sp³-hybridized carbons (Fsp3) is 0.333. The standard InChI is InChI=1S/C33H37NO6/c1-7-38-25-17-15-22(19-24(25)33(4,5)6)30(35)28-29(21-13-11-10-12-14-21)34(32(37)31(28)36)23-16-18-26(39-8-2)27(20-23)40-9-3/h10-20,29,35H,7-9H2,1-6H3/b30-28-. The molecule has 0 saturated carbocycles. The molecule has 1 amide bonds. The quantitative estimate of drug-likeness (QED) is 0.181. The van der Waals surface area contributed by atoms with Crippen molar-refractivity contribution in [2.75, 3.05) is 24.7 Å². The SMILES string of the molecule is CCOc1ccc(N2C(=O)C(=O)/C(=C(\O)c3ccc(OCC)c(C(C)(C)C)c3)C2c2ccccc2)cc1OCC. The van der Waals surface area contributed by atoms with Crippen molar-refractivity contribution in [1.82, 2.24) is 0 Å². The van der Waals surface area contributed by atoms with Gasteiger partial charge in [0.15, 0.2) is 11.5 Å². The number of rotatable bonds is 9. The van der Waals surface area contributed by atoms with Gasteiger partial charge in [0.25, 0.3) is 11.7 Å². The van der Waals surface area contributed by atoms with E-state index in [9.17, 15) is 14.7 Å². The molecule has 1 atom stereocenters. The maximum absolute atomic E-state index is 13.6. The number of aliphatic hydroxyl groups excluding tert-OH is 1. The van der Waals surface area contributed by atoms with E-state index < -0.39 is 17.7 Å². The van der Waals surface area contributed by atoms with E-state index in [1.54, 1.807) is 30.3 Å². The summed E-state index contributed by atoms with van der Waals surface area (Å²) in [4.78, 5) is 28.7. The average Bonchev–Trinajstić information content (AvgIpc) is 3.20. The Hall–Kier alpha value is -4.26. The van der Waals surface area contributed by atoms with Crippen LogP contribution >= 0.6 is 0 Å². The number of anilines is 1. The van der Waals surface area contributed by atoms with Crippen LogP contribution < -0.4 is 19.1 Å². The molecular weight excluding hydrogens is 506 g/mol. The van der Waals surface area contributed by atoms with Crippen LogP contribution in [-0.4, -0.2) is 36.6 Å². The highest BCUT2D eigenvalue weighted by molar-refractivity contribution is 6.51. The highest BCUT2D eigenvalue weighted by Crippen LogP contribution is 2.45. The molecule has 1 aliphatic heterocycles. The summed E-state index contributed by atoms with van der Waals surface area (Å²) in [6.45, 7) is 13.2. The molecule has 1 unspecified atom stereocenters. The third-order valence-corrected chi connectivity index (χ3v) is 6.73. The monoisotopic (exact) mass is 543 g/mol. The summed E-state index contributed by atoms with van der Waals surface area (Å²) in [7, 11) is 0. The maximum Gasteiger partial charge on any atom is 0.300 e. The zero-order valence-corrected chi connectivity index (χ0v) is 24.0. The van der Waals surface area contributed by atoms with Crippen LogP contribution in [0.4, 0.5) is 5.69 Å². The van der Waals surface area contributed by atoms with Gasteiger partial charge < -0.3 is 19.3 Å². The predicted octanol–water partition coefficient (Wildman–Crippen LogP) is 6.81. The molecular formula is C33H37NO6. The number of amides is 1. The van der Waals surface area contributed by atoms with Crippen molar-refractivity contribution in [3.63, 3.8) is 0 Å². The van der Waals surface area contributed by atoms with E-state index in [-0.39, 0.29) is 16.7 Å².